The van der Waals surface area contributed by atoms with Crippen LogP contribution in [0, 0.1) is 17.1 Å². The number of benzene rings is 2. The largest absolute Gasteiger partial charge is 0.307 e. The van der Waals surface area contributed by atoms with Crippen LogP contribution in [0.4, 0.5) is 10.1 Å². The lowest BCUT2D eigenvalue weighted by Gasteiger charge is -2.22. The van der Waals surface area contributed by atoms with Crippen LogP contribution in [-0.2, 0) is 0 Å². The van der Waals surface area contributed by atoms with Crippen molar-refractivity contribution in [3.8, 4) is 6.07 Å². The molecule has 1 amide bonds. The molecule has 106 valence electrons. The molecule has 0 saturated heterocycles. The number of hydrogen-bond donors (Lipinski definition) is 0. The molecule has 0 spiro atoms. The monoisotopic (exact) mass is 302 g/mol. The van der Waals surface area contributed by atoms with Gasteiger partial charge in [-0.05, 0) is 24.3 Å². The third-order valence-corrected chi connectivity index (χ3v) is 3.23. The number of anilines is 1. The maximum absolute atomic E-state index is 14.0. The van der Waals surface area contributed by atoms with Crippen molar-refractivity contribution in [2.75, 3.05) is 11.4 Å². The zero-order valence-electron chi connectivity index (χ0n) is 11.1. The topological polar surface area (TPSA) is 44.1 Å². The fourth-order valence-corrected chi connectivity index (χ4v) is 2.11. The molecule has 0 aliphatic rings. The van der Waals surface area contributed by atoms with Crippen molar-refractivity contribution in [2.24, 2.45) is 0 Å². The molecule has 0 unspecified atom stereocenters. The van der Waals surface area contributed by atoms with Gasteiger partial charge >= 0.3 is 0 Å². The number of nitriles is 1. The van der Waals surface area contributed by atoms with E-state index >= 15 is 0 Å². The lowest BCUT2D eigenvalue weighted by atomic mass is 10.1. The first kappa shape index (κ1) is 15.0. The summed E-state index contributed by atoms with van der Waals surface area (Å²) < 4.78 is 14.0. The van der Waals surface area contributed by atoms with E-state index in [0.29, 0.717) is 5.69 Å². The highest BCUT2D eigenvalue weighted by Gasteiger charge is 2.21. The zero-order valence-corrected chi connectivity index (χ0v) is 11.8. The van der Waals surface area contributed by atoms with Crippen LogP contribution in [0.2, 0.25) is 5.02 Å². The second kappa shape index (κ2) is 6.87. The van der Waals surface area contributed by atoms with Crippen molar-refractivity contribution in [3.63, 3.8) is 0 Å². The maximum Gasteiger partial charge on any atom is 0.261 e. The molecule has 0 aromatic heterocycles. The van der Waals surface area contributed by atoms with E-state index in [1.807, 2.05) is 12.1 Å². The summed E-state index contributed by atoms with van der Waals surface area (Å²) in [5.41, 5.74) is 0.501. The second-order valence-electron chi connectivity index (χ2n) is 4.30. The Morgan fingerprint density at radius 3 is 2.57 bits per heavy atom. The molecular formula is C16H12ClFN2O. The van der Waals surface area contributed by atoms with Crippen molar-refractivity contribution in [1.82, 2.24) is 0 Å². The number of halogens is 2. The Kier molecular flexibility index (Phi) is 4.91. The highest BCUT2D eigenvalue weighted by atomic mass is 35.5. The molecule has 2 rings (SSSR count). The highest BCUT2D eigenvalue weighted by Crippen LogP contribution is 2.22. The summed E-state index contributed by atoms with van der Waals surface area (Å²) in [6.07, 6.45) is 0.156. The average molecular weight is 303 g/mol. The number of rotatable bonds is 4. The molecule has 0 N–H and O–H groups in total. The normalized spacial score (nSPS) is 9.95. The third kappa shape index (κ3) is 3.39. The minimum atomic E-state index is -0.748. The van der Waals surface area contributed by atoms with E-state index in [9.17, 15) is 9.18 Å². The van der Waals surface area contributed by atoms with Gasteiger partial charge in [0, 0.05) is 12.2 Å². The quantitative estimate of drug-likeness (QED) is 0.855. The van der Waals surface area contributed by atoms with E-state index < -0.39 is 11.7 Å². The predicted molar refractivity (Wildman–Crippen MR) is 79.8 cm³/mol. The molecular weight excluding hydrogens is 291 g/mol. The molecule has 0 aliphatic carbocycles. The Morgan fingerprint density at radius 2 is 1.90 bits per heavy atom. The Hall–Kier alpha value is -2.38. The van der Waals surface area contributed by atoms with Crippen LogP contribution in [0.1, 0.15) is 16.8 Å². The van der Waals surface area contributed by atoms with Gasteiger partial charge < -0.3 is 4.90 Å². The summed E-state index contributed by atoms with van der Waals surface area (Å²) in [4.78, 5) is 13.9. The van der Waals surface area contributed by atoms with Gasteiger partial charge in [-0.15, -0.1) is 0 Å². The molecule has 0 heterocycles. The van der Waals surface area contributed by atoms with Crippen LogP contribution < -0.4 is 4.90 Å². The minimum absolute atomic E-state index is 0.103. The van der Waals surface area contributed by atoms with Gasteiger partial charge in [-0.1, -0.05) is 35.9 Å². The number of para-hydroxylation sites is 1. The van der Waals surface area contributed by atoms with Crippen LogP contribution >= 0.6 is 11.6 Å². The molecule has 2 aromatic rings. The standard InChI is InChI=1S/C16H12ClFN2O/c17-14-9-4-8-13(15(14)18)16(21)20(11-5-10-19)12-6-2-1-3-7-12/h1-4,6-9H,5,11H2. The number of carbonyl (C=O) groups excluding carboxylic acids is 1. The second-order valence-corrected chi connectivity index (χ2v) is 4.71. The van der Waals surface area contributed by atoms with Crippen LogP contribution in [-0.4, -0.2) is 12.5 Å². The van der Waals surface area contributed by atoms with Crippen LogP contribution in [0.15, 0.2) is 48.5 Å². The smallest absolute Gasteiger partial charge is 0.261 e. The van der Waals surface area contributed by atoms with Gasteiger partial charge in [0.1, 0.15) is 0 Å². The summed E-state index contributed by atoms with van der Waals surface area (Å²) in [6, 6.07) is 15.1. The van der Waals surface area contributed by atoms with Crippen molar-refractivity contribution in [1.29, 1.82) is 5.26 Å². The predicted octanol–water partition coefficient (Wildman–Crippen LogP) is 4.04. The van der Waals surface area contributed by atoms with E-state index in [1.54, 1.807) is 24.3 Å². The van der Waals surface area contributed by atoms with Crippen LogP contribution in [0.3, 0.4) is 0 Å². The minimum Gasteiger partial charge on any atom is -0.307 e. The van der Waals surface area contributed by atoms with Gasteiger partial charge in [-0.2, -0.15) is 5.26 Å². The first-order valence-corrected chi connectivity index (χ1v) is 6.71. The average Bonchev–Trinajstić information content (AvgIpc) is 2.51. The maximum atomic E-state index is 14.0. The van der Waals surface area contributed by atoms with E-state index in [4.69, 9.17) is 16.9 Å². The van der Waals surface area contributed by atoms with Gasteiger partial charge in [0.25, 0.3) is 5.91 Å². The molecule has 2 aromatic carbocycles. The number of carbonyl (C=O) groups is 1. The number of hydrogen-bond acceptors (Lipinski definition) is 2. The Bertz CT molecular complexity index is 682. The Labute approximate surface area is 127 Å². The van der Waals surface area contributed by atoms with E-state index in [1.165, 1.54) is 23.1 Å². The zero-order chi connectivity index (χ0) is 15.2. The molecule has 0 aliphatic heterocycles. The van der Waals surface area contributed by atoms with Crippen molar-refractivity contribution < 1.29 is 9.18 Å². The molecule has 0 fully saturated rings. The highest BCUT2D eigenvalue weighted by molar-refractivity contribution is 6.31. The Morgan fingerprint density at radius 1 is 1.19 bits per heavy atom. The number of nitrogens with zero attached hydrogens (tertiary/aromatic N) is 2. The molecule has 0 radical (unpaired) electrons. The summed E-state index contributed by atoms with van der Waals surface area (Å²) in [7, 11) is 0. The van der Waals surface area contributed by atoms with Gasteiger partial charge in [-0.3, -0.25) is 4.79 Å². The lowest BCUT2D eigenvalue weighted by molar-refractivity contribution is 0.0983. The van der Waals surface area contributed by atoms with Crippen LogP contribution in [0.25, 0.3) is 0 Å². The summed E-state index contributed by atoms with van der Waals surface area (Å²) in [5, 5.41) is 8.63. The van der Waals surface area contributed by atoms with Crippen molar-refractivity contribution >= 4 is 23.2 Å². The van der Waals surface area contributed by atoms with Crippen molar-refractivity contribution in [2.45, 2.75) is 6.42 Å². The van der Waals surface area contributed by atoms with E-state index in [2.05, 4.69) is 0 Å². The number of amides is 1. The van der Waals surface area contributed by atoms with E-state index in [0.717, 1.165) is 0 Å². The van der Waals surface area contributed by atoms with Gasteiger partial charge in [0.05, 0.1) is 23.1 Å². The molecule has 5 heteroatoms. The fourth-order valence-electron chi connectivity index (χ4n) is 1.93. The molecule has 0 saturated carbocycles. The van der Waals surface area contributed by atoms with Gasteiger partial charge in [0.15, 0.2) is 5.82 Å². The summed E-state index contributed by atoms with van der Waals surface area (Å²) in [6.45, 7) is 0.186. The molecule has 0 atom stereocenters. The molecule has 3 nitrogen and oxygen atoms in total. The third-order valence-electron chi connectivity index (χ3n) is 2.94. The Balaban J connectivity index is 2.39. The van der Waals surface area contributed by atoms with Gasteiger partial charge in [0.2, 0.25) is 0 Å². The lowest BCUT2D eigenvalue weighted by Crippen LogP contribution is -2.32. The van der Waals surface area contributed by atoms with Crippen LogP contribution in [0.5, 0.6) is 0 Å². The van der Waals surface area contributed by atoms with E-state index in [-0.39, 0.29) is 23.6 Å². The summed E-state index contributed by atoms with van der Waals surface area (Å²) >= 11 is 5.71. The molecule has 21 heavy (non-hydrogen) atoms. The first-order valence-electron chi connectivity index (χ1n) is 6.33. The fraction of sp³-hybridized carbons (Fsp3) is 0.125. The van der Waals surface area contributed by atoms with Gasteiger partial charge in [-0.25, -0.2) is 4.39 Å². The molecule has 0 bridgehead atoms. The first-order chi connectivity index (χ1) is 10.1. The van der Waals surface area contributed by atoms with Crippen molar-refractivity contribution in [3.05, 3.63) is 64.9 Å². The SMILES string of the molecule is N#CCCN(C(=O)c1cccc(Cl)c1F)c1ccccc1. The summed E-state index contributed by atoms with van der Waals surface area (Å²) in [5.74, 6) is -1.27.